The van der Waals surface area contributed by atoms with E-state index in [0.717, 1.165) is 36.4 Å². The van der Waals surface area contributed by atoms with Crippen LogP contribution in [-0.2, 0) is 6.54 Å². The Labute approximate surface area is 112 Å². The maximum atomic E-state index is 13.3. The topological polar surface area (TPSA) is 3.24 Å². The van der Waals surface area contributed by atoms with Gasteiger partial charge in [-0.3, -0.25) is 4.90 Å². The highest BCUT2D eigenvalue weighted by Gasteiger charge is 2.22. The Morgan fingerprint density at radius 2 is 2.25 bits per heavy atom. The van der Waals surface area contributed by atoms with Gasteiger partial charge in [-0.15, -0.1) is 0 Å². The molecule has 1 aliphatic rings. The number of nitrogens with zero attached hydrogens (tertiary/aromatic N) is 1. The zero-order valence-electron chi connectivity index (χ0n) is 8.93. The molecule has 0 amide bonds. The van der Waals surface area contributed by atoms with Gasteiger partial charge in [-0.1, -0.05) is 28.1 Å². The summed E-state index contributed by atoms with van der Waals surface area (Å²) in [5.41, 5.74) is 1.04. The predicted molar refractivity (Wildman–Crippen MR) is 71.3 cm³/mol. The summed E-state index contributed by atoms with van der Waals surface area (Å²) in [4.78, 5) is 2.38. The van der Waals surface area contributed by atoms with Crippen LogP contribution in [0.1, 0.15) is 12.0 Å². The van der Waals surface area contributed by atoms with Crippen molar-refractivity contribution in [2.45, 2.75) is 13.0 Å². The SMILES string of the molecule is Fc1cccc(CN2CCC(CBr)C2)c1Br. The third-order valence-corrected chi connectivity index (χ3v) is 4.82. The Balaban J connectivity index is 2.02. The van der Waals surface area contributed by atoms with Gasteiger partial charge in [0.2, 0.25) is 0 Å². The van der Waals surface area contributed by atoms with E-state index in [-0.39, 0.29) is 5.82 Å². The van der Waals surface area contributed by atoms with Gasteiger partial charge in [0, 0.05) is 18.4 Å². The molecule has 0 aromatic heterocycles. The second-order valence-corrected chi connectivity index (χ2v) is 5.70. The largest absolute Gasteiger partial charge is 0.299 e. The van der Waals surface area contributed by atoms with E-state index in [0.29, 0.717) is 4.47 Å². The second-order valence-electron chi connectivity index (χ2n) is 4.26. The van der Waals surface area contributed by atoms with Gasteiger partial charge in [-0.2, -0.15) is 0 Å². The molecule has 1 nitrogen and oxygen atoms in total. The summed E-state index contributed by atoms with van der Waals surface area (Å²) in [6, 6.07) is 5.24. The monoisotopic (exact) mass is 349 g/mol. The molecule has 0 radical (unpaired) electrons. The first-order chi connectivity index (χ1) is 7.70. The van der Waals surface area contributed by atoms with Gasteiger partial charge >= 0.3 is 0 Å². The van der Waals surface area contributed by atoms with E-state index < -0.39 is 0 Å². The van der Waals surface area contributed by atoms with Crippen molar-refractivity contribution >= 4 is 31.9 Å². The fraction of sp³-hybridized carbons (Fsp3) is 0.500. The molecule has 1 aromatic rings. The second kappa shape index (κ2) is 5.61. The maximum Gasteiger partial charge on any atom is 0.137 e. The molecule has 2 rings (SSSR count). The lowest BCUT2D eigenvalue weighted by Crippen LogP contribution is -2.20. The summed E-state index contributed by atoms with van der Waals surface area (Å²) in [5, 5.41) is 1.06. The summed E-state index contributed by atoms with van der Waals surface area (Å²) < 4.78 is 13.9. The minimum absolute atomic E-state index is 0.172. The van der Waals surface area contributed by atoms with Crippen LogP contribution in [0.4, 0.5) is 4.39 Å². The molecule has 0 spiro atoms. The summed E-state index contributed by atoms with van der Waals surface area (Å²) in [7, 11) is 0. The molecule has 0 saturated carbocycles. The van der Waals surface area contributed by atoms with Crippen molar-refractivity contribution in [3.8, 4) is 0 Å². The van der Waals surface area contributed by atoms with Crippen molar-refractivity contribution in [3.05, 3.63) is 34.1 Å². The molecule has 0 bridgehead atoms. The highest BCUT2D eigenvalue weighted by molar-refractivity contribution is 9.10. The highest BCUT2D eigenvalue weighted by atomic mass is 79.9. The van der Waals surface area contributed by atoms with Crippen LogP contribution in [0.15, 0.2) is 22.7 Å². The lowest BCUT2D eigenvalue weighted by atomic mass is 10.2. The molecule has 1 atom stereocenters. The van der Waals surface area contributed by atoms with E-state index >= 15 is 0 Å². The molecular formula is C12H14Br2FN. The third kappa shape index (κ3) is 2.84. The number of hydrogen-bond acceptors (Lipinski definition) is 1. The number of benzene rings is 1. The first-order valence-corrected chi connectivity index (χ1v) is 7.33. The number of alkyl halides is 1. The summed E-state index contributed by atoms with van der Waals surface area (Å²) in [6.45, 7) is 3.05. The van der Waals surface area contributed by atoms with Crippen molar-refractivity contribution < 1.29 is 4.39 Å². The molecule has 16 heavy (non-hydrogen) atoms. The Morgan fingerprint density at radius 3 is 2.94 bits per heavy atom. The number of rotatable bonds is 3. The Kier molecular flexibility index (Phi) is 4.39. The normalized spacial score (nSPS) is 21.6. The molecule has 1 saturated heterocycles. The van der Waals surface area contributed by atoms with E-state index in [2.05, 4.69) is 36.8 Å². The van der Waals surface area contributed by atoms with Crippen LogP contribution in [0.5, 0.6) is 0 Å². The van der Waals surface area contributed by atoms with Gasteiger partial charge in [0.25, 0.3) is 0 Å². The van der Waals surface area contributed by atoms with Gasteiger partial charge in [0.05, 0.1) is 4.47 Å². The van der Waals surface area contributed by atoms with Gasteiger partial charge < -0.3 is 0 Å². The van der Waals surface area contributed by atoms with E-state index in [1.807, 2.05) is 6.07 Å². The number of halogens is 3. The lowest BCUT2D eigenvalue weighted by molar-refractivity contribution is 0.320. The van der Waals surface area contributed by atoms with Crippen LogP contribution in [0.25, 0.3) is 0 Å². The smallest absolute Gasteiger partial charge is 0.137 e. The standard InChI is InChI=1S/C12H14Br2FN/c13-6-9-4-5-16(7-9)8-10-2-1-3-11(15)12(10)14/h1-3,9H,4-8H2. The third-order valence-electron chi connectivity index (χ3n) is 3.01. The van der Waals surface area contributed by atoms with Crippen LogP contribution < -0.4 is 0 Å². The van der Waals surface area contributed by atoms with Crippen LogP contribution in [0.3, 0.4) is 0 Å². The van der Waals surface area contributed by atoms with Crippen molar-refractivity contribution in [2.75, 3.05) is 18.4 Å². The van der Waals surface area contributed by atoms with Crippen molar-refractivity contribution in [1.29, 1.82) is 0 Å². The van der Waals surface area contributed by atoms with Crippen LogP contribution in [0.2, 0.25) is 0 Å². The quantitative estimate of drug-likeness (QED) is 0.749. The minimum atomic E-state index is -0.172. The first kappa shape index (κ1) is 12.5. The van der Waals surface area contributed by atoms with Crippen molar-refractivity contribution in [3.63, 3.8) is 0 Å². The number of likely N-dealkylation sites (tertiary alicyclic amines) is 1. The molecule has 88 valence electrons. The molecule has 1 unspecified atom stereocenters. The van der Waals surface area contributed by atoms with Gasteiger partial charge in [-0.25, -0.2) is 4.39 Å². The highest BCUT2D eigenvalue weighted by Crippen LogP contribution is 2.25. The van der Waals surface area contributed by atoms with Crippen LogP contribution in [-0.4, -0.2) is 23.3 Å². The zero-order chi connectivity index (χ0) is 11.5. The van der Waals surface area contributed by atoms with Gasteiger partial charge in [0.1, 0.15) is 5.82 Å². The van der Waals surface area contributed by atoms with Crippen molar-refractivity contribution in [1.82, 2.24) is 4.90 Å². The molecule has 0 N–H and O–H groups in total. The molecule has 0 aliphatic carbocycles. The summed E-state index contributed by atoms with van der Waals surface area (Å²) in [6.07, 6.45) is 1.23. The first-order valence-electron chi connectivity index (χ1n) is 5.42. The number of hydrogen-bond donors (Lipinski definition) is 0. The fourth-order valence-corrected chi connectivity index (χ4v) is 3.01. The Morgan fingerprint density at radius 1 is 1.44 bits per heavy atom. The maximum absolute atomic E-state index is 13.3. The Hall–Kier alpha value is 0.0700. The average molecular weight is 351 g/mol. The average Bonchev–Trinajstić information content (AvgIpc) is 2.73. The van der Waals surface area contributed by atoms with Crippen LogP contribution >= 0.6 is 31.9 Å². The van der Waals surface area contributed by atoms with E-state index in [1.54, 1.807) is 6.07 Å². The van der Waals surface area contributed by atoms with Gasteiger partial charge in [0.15, 0.2) is 0 Å². The molecule has 1 aliphatic heterocycles. The Bertz CT molecular complexity index is 370. The van der Waals surface area contributed by atoms with E-state index in [1.165, 1.54) is 12.5 Å². The van der Waals surface area contributed by atoms with Crippen molar-refractivity contribution in [2.24, 2.45) is 5.92 Å². The molecule has 1 fully saturated rings. The minimum Gasteiger partial charge on any atom is -0.299 e. The molecular weight excluding hydrogens is 337 g/mol. The fourth-order valence-electron chi connectivity index (χ4n) is 2.09. The summed E-state index contributed by atoms with van der Waals surface area (Å²) >= 11 is 6.83. The molecule has 4 heteroatoms. The van der Waals surface area contributed by atoms with E-state index in [4.69, 9.17) is 0 Å². The van der Waals surface area contributed by atoms with Gasteiger partial charge in [-0.05, 0) is 46.4 Å². The van der Waals surface area contributed by atoms with Crippen LogP contribution in [0, 0.1) is 11.7 Å². The lowest BCUT2D eigenvalue weighted by Gasteiger charge is -2.16. The summed E-state index contributed by atoms with van der Waals surface area (Å²) in [5.74, 6) is 0.570. The molecule has 1 heterocycles. The predicted octanol–water partition coefficient (Wildman–Crippen LogP) is 3.81. The van der Waals surface area contributed by atoms with E-state index in [9.17, 15) is 4.39 Å². The zero-order valence-corrected chi connectivity index (χ0v) is 12.1. The molecule has 1 aromatic carbocycles.